The van der Waals surface area contributed by atoms with Gasteiger partial charge in [-0.15, -0.1) is 0 Å². The van der Waals surface area contributed by atoms with Crippen molar-refractivity contribution in [1.82, 2.24) is 0 Å². The molecule has 0 radical (unpaired) electrons. The highest BCUT2D eigenvalue weighted by Gasteiger charge is 2.20. The van der Waals surface area contributed by atoms with Crippen molar-refractivity contribution in [2.45, 2.75) is 0 Å². The summed E-state index contributed by atoms with van der Waals surface area (Å²) in [5, 5.41) is 2.91. The monoisotopic (exact) mass is 411 g/mol. The van der Waals surface area contributed by atoms with Crippen LogP contribution in [0.2, 0.25) is 5.02 Å². The van der Waals surface area contributed by atoms with E-state index in [0.717, 1.165) is 6.07 Å². The van der Waals surface area contributed by atoms with Crippen LogP contribution in [0.5, 0.6) is 0 Å². The van der Waals surface area contributed by atoms with E-state index in [0.29, 0.717) is 10.6 Å². The van der Waals surface area contributed by atoms with Gasteiger partial charge in [-0.3, -0.25) is 9.59 Å². The van der Waals surface area contributed by atoms with E-state index in [-0.39, 0.29) is 22.6 Å². The van der Waals surface area contributed by atoms with Gasteiger partial charge in [0, 0.05) is 21.8 Å². The first-order valence-corrected chi connectivity index (χ1v) is 8.93. The first kappa shape index (κ1) is 20.2. The summed E-state index contributed by atoms with van der Waals surface area (Å²) in [6.07, 6.45) is 0. The summed E-state index contributed by atoms with van der Waals surface area (Å²) in [5.74, 6) is -2.34. The van der Waals surface area contributed by atoms with Gasteiger partial charge in [-0.2, -0.15) is 0 Å². The lowest BCUT2D eigenvalue weighted by Crippen LogP contribution is -2.22. The molecule has 146 valence electrons. The standard InChI is InChI=1S/C22H15ClFNO4/c23-15-10-8-14(9-11-15)21(27)18-6-1-2-7-19(18)22(28)29-13-20(26)25-17-5-3-4-16(24)12-17/h1-12H,13H2,(H,25,26). The molecule has 0 saturated heterocycles. The van der Waals surface area contributed by atoms with Gasteiger partial charge in [0.05, 0.1) is 5.56 Å². The fourth-order valence-electron chi connectivity index (χ4n) is 2.59. The Bertz CT molecular complexity index is 1070. The molecular weight excluding hydrogens is 397 g/mol. The van der Waals surface area contributed by atoms with E-state index in [1.165, 1.54) is 30.3 Å². The minimum atomic E-state index is -0.822. The van der Waals surface area contributed by atoms with Crippen LogP contribution in [0.3, 0.4) is 0 Å². The minimum absolute atomic E-state index is 0.0333. The number of anilines is 1. The molecule has 3 aromatic carbocycles. The Hall–Kier alpha value is -3.51. The highest BCUT2D eigenvalue weighted by molar-refractivity contribution is 6.30. The van der Waals surface area contributed by atoms with Crippen molar-refractivity contribution in [3.63, 3.8) is 0 Å². The fourth-order valence-corrected chi connectivity index (χ4v) is 2.71. The first-order valence-electron chi connectivity index (χ1n) is 8.56. The minimum Gasteiger partial charge on any atom is -0.452 e. The van der Waals surface area contributed by atoms with Crippen molar-refractivity contribution in [1.29, 1.82) is 0 Å². The number of halogens is 2. The third-order valence-electron chi connectivity index (χ3n) is 3.94. The molecule has 0 aliphatic rings. The Morgan fingerprint density at radius 2 is 1.59 bits per heavy atom. The topological polar surface area (TPSA) is 72.5 Å². The molecule has 5 nitrogen and oxygen atoms in total. The molecule has 29 heavy (non-hydrogen) atoms. The molecular formula is C22H15ClFNO4. The first-order chi connectivity index (χ1) is 13.9. The second-order valence-corrected chi connectivity index (χ2v) is 6.45. The molecule has 3 rings (SSSR count). The molecule has 0 fully saturated rings. The van der Waals surface area contributed by atoms with E-state index in [1.807, 2.05) is 0 Å². The van der Waals surface area contributed by atoms with E-state index < -0.39 is 24.3 Å². The molecule has 0 atom stereocenters. The second kappa shape index (κ2) is 9.12. The van der Waals surface area contributed by atoms with Crippen molar-refractivity contribution in [3.8, 4) is 0 Å². The molecule has 1 amide bonds. The molecule has 0 aliphatic carbocycles. The zero-order valence-electron chi connectivity index (χ0n) is 15.0. The fraction of sp³-hybridized carbons (Fsp3) is 0.0455. The molecule has 3 aromatic rings. The summed E-state index contributed by atoms with van der Waals surface area (Å²) in [6.45, 7) is -0.585. The number of amides is 1. The van der Waals surface area contributed by atoms with Crippen LogP contribution < -0.4 is 5.32 Å². The van der Waals surface area contributed by atoms with Gasteiger partial charge in [0.1, 0.15) is 5.82 Å². The maximum absolute atomic E-state index is 13.2. The van der Waals surface area contributed by atoms with E-state index in [2.05, 4.69) is 5.32 Å². The molecule has 0 spiro atoms. The van der Waals surface area contributed by atoms with Gasteiger partial charge in [-0.1, -0.05) is 35.9 Å². The summed E-state index contributed by atoms with van der Waals surface area (Å²) in [6, 6.07) is 17.7. The van der Waals surface area contributed by atoms with E-state index in [9.17, 15) is 18.8 Å². The quantitative estimate of drug-likeness (QED) is 0.478. The number of benzene rings is 3. The van der Waals surface area contributed by atoms with Crippen LogP contribution >= 0.6 is 11.6 Å². The van der Waals surface area contributed by atoms with Crippen molar-refractivity contribution in [2.75, 3.05) is 11.9 Å². The number of carbonyl (C=O) groups is 3. The molecule has 0 bridgehead atoms. The Labute approximate surface area is 171 Å². The van der Waals surface area contributed by atoms with Gasteiger partial charge < -0.3 is 10.1 Å². The van der Waals surface area contributed by atoms with Gasteiger partial charge in [0.2, 0.25) is 0 Å². The maximum Gasteiger partial charge on any atom is 0.339 e. The van der Waals surface area contributed by atoms with E-state index >= 15 is 0 Å². The van der Waals surface area contributed by atoms with E-state index in [4.69, 9.17) is 16.3 Å². The summed E-state index contributed by atoms with van der Waals surface area (Å²) >= 11 is 5.84. The zero-order valence-corrected chi connectivity index (χ0v) is 15.8. The molecule has 0 aliphatic heterocycles. The average molecular weight is 412 g/mol. The lowest BCUT2D eigenvalue weighted by Gasteiger charge is -2.10. The van der Waals surface area contributed by atoms with Crippen LogP contribution in [-0.4, -0.2) is 24.3 Å². The Balaban J connectivity index is 1.69. The number of rotatable bonds is 6. The van der Waals surface area contributed by atoms with Crippen LogP contribution in [0.1, 0.15) is 26.3 Å². The molecule has 0 saturated carbocycles. The van der Waals surface area contributed by atoms with Crippen LogP contribution in [-0.2, 0) is 9.53 Å². The van der Waals surface area contributed by atoms with Crippen LogP contribution in [0.4, 0.5) is 10.1 Å². The smallest absolute Gasteiger partial charge is 0.339 e. The van der Waals surface area contributed by atoms with Crippen LogP contribution in [0.25, 0.3) is 0 Å². The molecule has 0 heterocycles. The highest BCUT2D eigenvalue weighted by atomic mass is 35.5. The Morgan fingerprint density at radius 3 is 2.28 bits per heavy atom. The predicted octanol–water partition coefficient (Wildman–Crippen LogP) is 4.51. The van der Waals surface area contributed by atoms with Crippen LogP contribution in [0.15, 0.2) is 72.8 Å². The van der Waals surface area contributed by atoms with Gasteiger partial charge in [0.15, 0.2) is 12.4 Å². The maximum atomic E-state index is 13.2. The molecule has 0 unspecified atom stereocenters. The number of ketones is 1. The number of hydrogen-bond acceptors (Lipinski definition) is 4. The molecule has 1 N–H and O–H groups in total. The summed E-state index contributed by atoms with van der Waals surface area (Å²) in [4.78, 5) is 37.1. The van der Waals surface area contributed by atoms with E-state index in [1.54, 1.807) is 36.4 Å². The summed E-state index contributed by atoms with van der Waals surface area (Å²) in [5.41, 5.74) is 0.777. The Kier molecular flexibility index (Phi) is 6.36. The number of carbonyl (C=O) groups excluding carboxylic acids is 3. The van der Waals surface area contributed by atoms with Crippen molar-refractivity contribution in [3.05, 3.63) is 100 Å². The predicted molar refractivity (Wildman–Crippen MR) is 107 cm³/mol. The molecule has 7 heteroatoms. The van der Waals surface area contributed by atoms with Crippen molar-refractivity contribution >= 4 is 34.9 Å². The number of esters is 1. The normalized spacial score (nSPS) is 10.3. The van der Waals surface area contributed by atoms with Crippen molar-refractivity contribution < 1.29 is 23.5 Å². The summed E-state index contributed by atoms with van der Waals surface area (Å²) in [7, 11) is 0. The van der Waals surface area contributed by atoms with Gasteiger partial charge in [-0.25, -0.2) is 9.18 Å². The average Bonchev–Trinajstić information content (AvgIpc) is 2.72. The number of hydrogen-bond donors (Lipinski definition) is 1. The zero-order chi connectivity index (χ0) is 20.8. The van der Waals surface area contributed by atoms with Gasteiger partial charge >= 0.3 is 5.97 Å². The largest absolute Gasteiger partial charge is 0.452 e. The number of nitrogens with one attached hydrogen (secondary N) is 1. The lowest BCUT2D eigenvalue weighted by atomic mass is 9.98. The number of ether oxygens (including phenoxy) is 1. The Morgan fingerprint density at radius 1 is 0.897 bits per heavy atom. The third-order valence-corrected chi connectivity index (χ3v) is 4.19. The van der Waals surface area contributed by atoms with Crippen molar-refractivity contribution in [2.24, 2.45) is 0 Å². The highest BCUT2D eigenvalue weighted by Crippen LogP contribution is 2.18. The van der Waals surface area contributed by atoms with Gasteiger partial charge in [-0.05, 0) is 48.5 Å². The summed E-state index contributed by atoms with van der Waals surface area (Å²) < 4.78 is 18.2. The van der Waals surface area contributed by atoms with Gasteiger partial charge in [0.25, 0.3) is 5.91 Å². The SMILES string of the molecule is O=C(COC(=O)c1ccccc1C(=O)c1ccc(Cl)cc1)Nc1cccc(F)c1. The molecule has 0 aromatic heterocycles. The van der Waals surface area contributed by atoms with Crippen LogP contribution in [0, 0.1) is 5.82 Å². The lowest BCUT2D eigenvalue weighted by molar-refractivity contribution is -0.119. The third kappa shape index (κ3) is 5.27. The second-order valence-electron chi connectivity index (χ2n) is 6.02.